The molecule has 0 atom stereocenters. The summed E-state index contributed by atoms with van der Waals surface area (Å²) in [5.41, 5.74) is 1.80. The number of nitrogens with one attached hydrogen (secondary N) is 2. The van der Waals surface area contributed by atoms with Crippen molar-refractivity contribution in [3.8, 4) is 5.75 Å². The summed E-state index contributed by atoms with van der Waals surface area (Å²) in [5, 5.41) is 5.87. The molecule has 0 unspecified atom stereocenters. The van der Waals surface area contributed by atoms with Gasteiger partial charge in [-0.3, -0.25) is 20.2 Å². The van der Waals surface area contributed by atoms with Crippen molar-refractivity contribution in [2.24, 2.45) is 0 Å². The summed E-state index contributed by atoms with van der Waals surface area (Å²) < 4.78 is 7.83. The molecule has 7 heteroatoms. The molecule has 0 spiro atoms. The van der Waals surface area contributed by atoms with Crippen LogP contribution in [0.2, 0.25) is 0 Å². The Morgan fingerprint density at radius 3 is 2.39 bits per heavy atom. The third-order valence-electron chi connectivity index (χ3n) is 4.41. The molecule has 28 heavy (non-hydrogen) atoms. The molecular formula is C21H17N3O3S. The number of carbonyl (C=O) groups excluding carboxylic acids is 2. The van der Waals surface area contributed by atoms with Gasteiger partial charge in [0.15, 0.2) is 5.11 Å². The van der Waals surface area contributed by atoms with E-state index >= 15 is 0 Å². The minimum Gasteiger partial charge on any atom is -0.492 e. The van der Waals surface area contributed by atoms with Gasteiger partial charge in [0.2, 0.25) is 0 Å². The van der Waals surface area contributed by atoms with Crippen molar-refractivity contribution in [3.05, 3.63) is 71.9 Å². The maximum absolute atomic E-state index is 12.1. The largest absolute Gasteiger partial charge is 0.492 e. The lowest BCUT2D eigenvalue weighted by molar-refractivity contribution is -0.123. The van der Waals surface area contributed by atoms with Crippen LogP contribution in [0, 0.1) is 0 Å². The first kappa shape index (κ1) is 17.9. The second kappa shape index (κ2) is 7.66. The second-order valence-electron chi connectivity index (χ2n) is 6.25. The Morgan fingerprint density at radius 2 is 1.64 bits per heavy atom. The van der Waals surface area contributed by atoms with E-state index in [1.807, 2.05) is 65.4 Å². The SMILES string of the molecule is O=C1NC(=S)NC(=O)C1=Cc1cn(CCOc2ccccc2)c2ccccc12. The molecule has 0 aliphatic carbocycles. The zero-order valence-corrected chi connectivity index (χ0v) is 15.7. The van der Waals surface area contributed by atoms with Crippen molar-refractivity contribution < 1.29 is 14.3 Å². The molecule has 2 amide bonds. The molecule has 2 aromatic carbocycles. The van der Waals surface area contributed by atoms with Gasteiger partial charge in [-0.2, -0.15) is 0 Å². The summed E-state index contributed by atoms with van der Waals surface area (Å²) >= 11 is 4.84. The van der Waals surface area contributed by atoms with Gasteiger partial charge in [0, 0.05) is 22.7 Å². The lowest BCUT2D eigenvalue weighted by Gasteiger charge is -2.16. The number of carbonyl (C=O) groups is 2. The fraction of sp³-hybridized carbons (Fsp3) is 0.0952. The van der Waals surface area contributed by atoms with Crippen LogP contribution >= 0.6 is 12.2 Å². The summed E-state index contributed by atoms with van der Waals surface area (Å²) in [6.07, 6.45) is 3.50. The first-order chi connectivity index (χ1) is 13.6. The molecule has 2 N–H and O–H groups in total. The molecule has 4 rings (SSSR count). The van der Waals surface area contributed by atoms with Gasteiger partial charge in [0.25, 0.3) is 11.8 Å². The number of ether oxygens (including phenoxy) is 1. The zero-order valence-electron chi connectivity index (χ0n) is 14.8. The maximum atomic E-state index is 12.1. The van der Waals surface area contributed by atoms with E-state index < -0.39 is 11.8 Å². The van der Waals surface area contributed by atoms with E-state index in [9.17, 15) is 9.59 Å². The molecule has 1 aliphatic heterocycles. The number of nitrogens with zero attached hydrogens (tertiary/aromatic N) is 1. The Labute approximate surface area is 166 Å². The Hall–Kier alpha value is -3.45. The highest BCUT2D eigenvalue weighted by Crippen LogP contribution is 2.24. The van der Waals surface area contributed by atoms with Crippen LogP contribution in [0.5, 0.6) is 5.75 Å². The van der Waals surface area contributed by atoms with Crippen LogP contribution in [0.15, 0.2) is 66.4 Å². The standard InChI is InChI=1S/C21H17N3O3S/c25-19-17(20(26)23-21(28)22-19)12-14-13-24(18-9-5-4-8-16(14)18)10-11-27-15-6-2-1-3-7-15/h1-9,12-13H,10-11H2,(H2,22,23,25,26,28). The van der Waals surface area contributed by atoms with E-state index in [0.29, 0.717) is 13.2 Å². The Morgan fingerprint density at radius 1 is 0.964 bits per heavy atom. The topological polar surface area (TPSA) is 72.4 Å². The van der Waals surface area contributed by atoms with Gasteiger partial charge in [0.1, 0.15) is 17.9 Å². The fourth-order valence-electron chi connectivity index (χ4n) is 3.12. The van der Waals surface area contributed by atoms with Crippen LogP contribution in [-0.4, -0.2) is 28.1 Å². The Bertz CT molecular complexity index is 1080. The second-order valence-corrected chi connectivity index (χ2v) is 6.66. The van der Waals surface area contributed by atoms with Crippen molar-refractivity contribution in [2.45, 2.75) is 6.54 Å². The Kier molecular flexibility index (Phi) is 4.90. The van der Waals surface area contributed by atoms with Crippen LogP contribution in [0.25, 0.3) is 17.0 Å². The summed E-state index contributed by atoms with van der Waals surface area (Å²) in [4.78, 5) is 24.3. The number of hydrogen-bond donors (Lipinski definition) is 2. The monoisotopic (exact) mass is 391 g/mol. The smallest absolute Gasteiger partial charge is 0.263 e. The van der Waals surface area contributed by atoms with Crippen molar-refractivity contribution in [2.75, 3.05) is 6.61 Å². The zero-order chi connectivity index (χ0) is 19.5. The van der Waals surface area contributed by atoms with E-state index in [2.05, 4.69) is 10.6 Å². The lowest BCUT2D eigenvalue weighted by Crippen LogP contribution is -2.51. The minimum absolute atomic E-state index is 0.0210. The van der Waals surface area contributed by atoms with Crippen molar-refractivity contribution >= 4 is 46.1 Å². The van der Waals surface area contributed by atoms with Gasteiger partial charge in [-0.1, -0.05) is 36.4 Å². The molecular weight excluding hydrogens is 374 g/mol. The van der Waals surface area contributed by atoms with Crippen LogP contribution in [0.4, 0.5) is 0 Å². The van der Waals surface area contributed by atoms with Gasteiger partial charge in [-0.05, 0) is 36.5 Å². The third-order valence-corrected chi connectivity index (χ3v) is 4.61. The van der Waals surface area contributed by atoms with Crippen LogP contribution in [-0.2, 0) is 16.1 Å². The normalized spacial score (nSPS) is 14.0. The predicted molar refractivity (Wildman–Crippen MR) is 111 cm³/mol. The average Bonchev–Trinajstić information content (AvgIpc) is 3.03. The summed E-state index contributed by atoms with van der Waals surface area (Å²) in [7, 11) is 0. The van der Waals surface area contributed by atoms with Crippen LogP contribution in [0.1, 0.15) is 5.56 Å². The van der Waals surface area contributed by atoms with Gasteiger partial charge in [0.05, 0.1) is 6.54 Å². The van der Waals surface area contributed by atoms with Gasteiger partial charge in [-0.25, -0.2) is 0 Å². The molecule has 0 bridgehead atoms. The molecule has 0 radical (unpaired) electrons. The number of benzene rings is 2. The van der Waals surface area contributed by atoms with Gasteiger partial charge < -0.3 is 9.30 Å². The van der Waals surface area contributed by atoms with E-state index in [4.69, 9.17) is 17.0 Å². The summed E-state index contributed by atoms with van der Waals surface area (Å²) in [5.74, 6) is -0.191. The first-order valence-electron chi connectivity index (χ1n) is 8.76. The molecule has 140 valence electrons. The Balaban J connectivity index is 1.61. The fourth-order valence-corrected chi connectivity index (χ4v) is 3.30. The van der Waals surface area contributed by atoms with Gasteiger partial charge >= 0.3 is 0 Å². The van der Waals surface area contributed by atoms with E-state index in [1.165, 1.54) is 0 Å². The molecule has 0 saturated carbocycles. The molecule has 1 aromatic heterocycles. The molecule has 1 aliphatic rings. The number of thiocarbonyl (C=S) groups is 1. The number of amides is 2. The highest BCUT2D eigenvalue weighted by Gasteiger charge is 2.26. The van der Waals surface area contributed by atoms with Crippen LogP contribution < -0.4 is 15.4 Å². The van der Waals surface area contributed by atoms with E-state index in [1.54, 1.807) is 6.08 Å². The molecule has 1 saturated heterocycles. The maximum Gasteiger partial charge on any atom is 0.263 e. The average molecular weight is 391 g/mol. The molecule has 3 aromatic rings. The lowest BCUT2D eigenvalue weighted by atomic mass is 10.1. The summed E-state index contributed by atoms with van der Waals surface area (Å²) in [6, 6.07) is 17.4. The highest BCUT2D eigenvalue weighted by molar-refractivity contribution is 7.80. The van der Waals surface area contributed by atoms with Crippen molar-refractivity contribution in [1.82, 2.24) is 15.2 Å². The predicted octanol–water partition coefficient (Wildman–Crippen LogP) is 2.63. The van der Waals surface area contributed by atoms with E-state index in [0.717, 1.165) is 22.2 Å². The number of aromatic nitrogens is 1. The number of rotatable bonds is 5. The number of para-hydroxylation sites is 2. The summed E-state index contributed by atoms with van der Waals surface area (Å²) in [6.45, 7) is 1.12. The van der Waals surface area contributed by atoms with Crippen molar-refractivity contribution in [1.29, 1.82) is 0 Å². The van der Waals surface area contributed by atoms with Crippen LogP contribution in [0.3, 0.4) is 0 Å². The minimum atomic E-state index is -0.502. The molecule has 1 fully saturated rings. The third kappa shape index (κ3) is 3.65. The van der Waals surface area contributed by atoms with Crippen molar-refractivity contribution in [3.63, 3.8) is 0 Å². The van der Waals surface area contributed by atoms with Gasteiger partial charge in [-0.15, -0.1) is 0 Å². The highest BCUT2D eigenvalue weighted by atomic mass is 32.1. The first-order valence-corrected chi connectivity index (χ1v) is 9.17. The number of fused-ring (bicyclic) bond motifs is 1. The molecule has 2 heterocycles. The quantitative estimate of drug-likeness (QED) is 0.398. The molecule has 6 nitrogen and oxygen atoms in total. The number of hydrogen-bond acceptors (Lipinski definition) is 4. The van der Waals surface area contributed by atoms with E-state index in [-0.39, 0.29) is 10.7 Å².